The largest absolute Gasteiger partial charge is 0.479 e. The van der Waals surface area contributed by atoms with Crippen molar-refractivity contribution in [3.05, 3.63) is 59.7 Å². The lowest BCUT2D eigenvalue weighted by Crippen LogP contribution is -2.59. The minimum Gasteiger partial charge on any atom is -0.479 e. The van der Waals surface area contributed by atoms with Gasteiger partial charge in [-0.1, -0.05) is 48.5 Å². The fraction of sp³-hybridized carbons (Fsp3) is 0.375. The van der Waals surface area contributed by atoms with Gasteiger partial charge in [-0.3, -0.25) is 0 Å². The molecule has 3 N–H and O–H groups in total. The number of alkyl carbamates (subject to hydrolysis) is 2. The molecular formula is C24H28N2O6. The van der Waals surface area contributed by atoms with E-state index in [9.17, 15) is 19.5 Å². The standard InChI is InChI=1S/C24H28N2O6/c1-23(2,3)32-21(29)25-14-24(4,20(27)28)26-22(30)31-13-19-17-11-7-5-9-15(17)16-10-6-8-12-18(16)19/h5-12,19H,13-14H2,1-4H3,(H,25,29)(H,26,30)(H,27,28)/t24-/m1/s1. The molecule has 0 aliphatic heterocycles. The van der Waals surface area contributed by atoms with Gasteiger partial charge in [0, 0.05) is 5.92 Å². The van der Waals surface area contributed by atoms with Crippen LogP contribution in [0, 0.1) is 0 Å². The number of carboxylic acid groups (broad SMARTS) is 1. The second-order valence-electron chi connectivity index (χ2n) is 8.94. The molecule has 0 unspecified atom stereocenters. The number of carboxylic acids is 1. The van der Waals surface area contributed by atoms with Crippen LogP contribution in [0.2, 0.25) is 0 Å². The molecule has 170 valence electrons. The van der Waals surface area contributed by atoms with Crippen molar-refractivity contribution >= 4 is 18.2 Å². The molecule has 0 radical (unpaired) electrons. The molecule has 0 aromatic heterocycles. The van der Waals surface area contributed by atoms with Crippen molar-refractivity contribution in [2.75, 3.05) is 13.2 Å². The van der Waals surface area contributed by atoms with Crippen LogP contribution in [0.5, 0.6) is 0 Å². The van der Waals surface area contributed by atoms with E-state index in [0.29, 0.717) is 0 Å². The van der Waals surface area contributed by atoms with E-state index < -0.39 is 29.3 Å². The molecule has 2 aromatic carbocycles. The number of hydrogen-bond donors (Lipinski definition) is 3. The van der Waals surface area contributed by atoms with Crippen molar-refractivity contribution in [1.29, 1.82) is 0 Å². The van der Waals surface area contributed by atoms with Gasteiger partial charge in [-0.2, -0.15) is 0 Å². The average molecular weight is 440 g/mol. The molecule has 8 heteroatoms. The number of nitrogens with one attached hydrogen (secondary N) is 2. The van der Waals surface area contributed by atoms with Crippen LogP contribution in [-0.4, -0.2) is 47.6 Å². The van der Waals surface area contributed by atoms with E-state index in [2.05, 4.69) is 10.6 Å². The molecule has 3 rings (SSSR count). The summed E-state index contributed by atoms with van der Waals surface area (Å²) in [5.41, 5.74) is 1.77. The van der Waals surface area contributed by atoms with E-state index in [1.165, 1.54) is 6.92 Å². The highest BCUT2D eigenvalue weighted by Gasteiger charge is 2.37. The summed E-state index contributed by atoms with van der Waals surface area (Å²) in [5.74, 6) is -1.47. The Bertz CT molecular complexity index is 984. The third-order valence-electron chi connectivity index (χ3n) is 5.18. The molecule has 32 heavy (non-hydrogen) atoms. The van der Waals surface area contributed by atoms with Gasteiger partial charge in [-0.05, 0) is 49.9 Å². The molecule has 2 aromatic rings. The van der Waals surface area contributed by atoms with Crippen LogP contribution >= 0.6 is 0 Å². The van der Waals surface area contributed by atoms with Gasteiger partial charge >= 0.3 is 18.2 Å². The lowest BCUT2D eigenvalue weighted by molar-refractivity contribution is -0.143. The summed E-state index contributed by atoms with van der Waals surface area (Å²) < 4.78 is 10.5. The summed E-state index contributed by atoms with van der Waals surface area (Å²) in [6.45, 7) is 6.04. The van der Waals surface area contributed by atoms with Gasteiger partial charge in [-0.25, -0.2) is 14.4 Å². The van der Waals surface area contributed by atoms with E-state index in [0.717, 1.165) is 22.3 Å². The maximum absolute atomic E-state index is 12.5. The Morgan fingerprint density at radius 3 is 1.94 bits per heavy atom. The van der Waals surface area contributed by atoms with Gasteiger partial charge < -0.3 is 25.2 Å². The first kappa shape index (κ1) is 23.1. The molecular weight excluding hydrogens is 412 g/mol. The molecule has 0 saturated heterocycles. The first-order chi connectivity index (χ1) is 15.0. The minimum atomic E-state index is -1.78. The number of ether oxygens (including phenoxy) is 2. The maximum atomic E-state index is 12.5. The number of fused-ring (bicyclic) bond motifs is 3. The molecule has 8 nitrogen and oxygen atoms in total. The van der Waals surface area contributed by atoms with E-state index in [4.69, 9.17) is 9.47 Å². The van der Waals surface area contributed by atoms with E-state index >= 15 is 0 Å². The summed E-state index contributed by atoms with van der Waals surface area (Å²) >= 11 is 0. The van der Waals surface area contributed by atoms with Gasteiger partial charge in [0.1, 0.15) is 12.2 Å². The fourth-order valence-electron chi connectivity index (χ4n) is 3.60. The van der Waals surface area contributed by atoms with Crippen LogP contribution in [0.25, 0.3) is 11.1 Å². The molecule has 0 heterocycles. The van der Waals surface area contributed by atoms with E-state index in [1.54, 1.807) is 20.8 Å². The summed E-state index contributed by atoms with van der Waals surface area (Å²) in [4.78, 5) is 36.1. The number of rotatable bonds is 6. The van der Waals surface area contributed by atoms with Crippen molar-refractivity contribution in [3.8, 4) is 11.1 Å². The fourth-order valence-corrected chi connectivity index (χ4v) is 3.60. The van der Waals surface area contributed by atoms with Crippen molar-refractivity contribution in [2.45, 2.75) is 44.8 Å². The predicted molar refractivity (Wildman–Crippen MR) is 118 cm³/mol. The second-order valence-corrected chi connectivity index (χ2v) is 8.94. The zero-order chi connectivity index (χ0) is 23.5. The van der Waals surface area contributed by atoms with Crippen LogP contribution in [0.15, 0.2) is 48.5 Å². The Labute approximate surface area is 186 Å². The van der Waals surface area contributed by atoms with Crippen molar-refractivity contribution in [2.24, 2.45) is 0 Å². The van der Waals surface area contributed by atoms with Crippen molar-refractivity contribution in [3.63, 3.8) is 0 Å². The van der Waals surface area contributed by atoms with Crippen LogP contribution in [-0.2, 0) is 14.3 Å². The van der Waals surface area contributed by atoms with E-state index in [1.807, 2.05) is 48.5 Å². The number of aliphatic carboxylic acids is 1. The van der Waals surface area contributed by atoms with Crippen LogP contribution in [0.3, 0.4) is 0 Å². The molecule has 0 spiro atoms. The number of benzene rings is 2. The van der Waals surface area contributed by atoms with Gasteiger partial charge in [0.05, 0.1) is 6.54 Å². The molecule has 1 aliphatic rings. The minimum absolute atomic E-state index is 0.0506. The molecule has 0 saturated carbocycles. The topological polar surface area (TPSA) is 114 Å². The Morgan fingerprint density at radius 2 is 1.44 bits per heavy atom. The molecule has 0 fully saturated rings. The summed E-state index contributed by atoms with van der Waals surface area (Å²) in [6, 6.07) is 15.8. The third-order valence-corrected chi connectivity index (χ3v) is 5.18. The van der Waals surface area contributed by atoms with Gasteiger partial charge in [-0.15, -0.1) is 0 Å². The highest BCUT2D eigenvalue weighted by molar-refractivity contribution is 5.85. The Kier molecular flexibility index (Phi) is 6.43. The smallest absolute Gasteiger partial charge is 0.408 e. The SMILES string of the molecule is CC(C)(C)OC(=O)NC[C@@](C)(NC(=O)OCC1c2ccccc2-c2ccccc21)C(=O)O. The molecule has 0 bridgehead atoms. The maximum Gasteiger partial charge on any atom is 0.408 e. The lowest BCUT2D eigenvalue weighted by Gasteiger charge is -2.27. The highest BCUT2D eigenvalue weighted by atomic mass is 16.6. The van der Waals surface area contributed by atoms with Crippen LogP contribution in [0.1, 0.15) is 44.7 Å². The number of amides is 2. The third kappa shape index (κ3) is 5.19. The molecule has 2 amide bonds. The Morgan fingerprint density at radius 1 is 0.906 bits per heavy atom. The Balaban J connectivity index is 1.64. The normalized spacial score (nSPS) is 14.5. The number of carbonyl (C=O) groups is 3. The monoisotopic (exact) mass is 440 g/mol. The Hall–Kier alpha value is -3.55. The first-order valence-electron chi connectivity index (χ1n) is 10.3. The second kappa shape index (κ2) is 8.90. The van der Waals surface area contributed by atoms with Gasteiger partial charge in [0.2, 0.25) is 0 Å². The van der Waals surface area contributed by atoms with Crippen molar-refractivity contribution < 1.29 is 29.0 Å². The lowest BCUT2D eigenvalue weighted by atomic mass is 9.98. The highest BCUT2D eigenvalue weighted by Crippen LogP contribution is 2.44. The molecule has 1 aliphatic carbocycles. The van der Waals surface area contributed by atoms with Crippen LogP contribution < -0.4 is 10.6 Å². The summed E-state index contributed by atoms with van der Waals surface area (Å²) in [5, 5.41) is 14.3. The van der Waals surface area contributed by atoms with Crippen LogP contribution in [0.4, 0.5) is 9.59 Å². The van der Waals surface area contributed by atoms with E-state index in [-0.39, 0.29) is 19.1 Å². The first-order valence-corrected chi connectivity index (χ1v) is 10.3. The quantitative estimate of drug-likeness (QED) is 0.628. The predicted octanol–water partition coefficient (Wildman–Crippen LogP) is 3.89. The average Bonchev–Trinajstić information content (AvgIpc) is 3.03. The zero-order valence-corrected chi connectivity index (χ0v) is 18.6. The number of hydrogen-bond acceptors (Lipinski definition) is 5. The zero-order valence-electron chi connectivity index (χ0n) is 18.6. The summed E-state index contributed by atoms with van der Waals surface area (Å²) in [6.07, 6.45) is -1.66. The van der Waals surface area contributed by atoms with Crippen molar-refractivity contribution in [1.82, 2.24) is 10.6 Å². The van der Waals surface area contributed by atoms with Gasteiger partial charge in [0.25, 0.3) is 0 Å². The molecule has 1 atom stereocenters. The number of carbonyl (C=O) groups excluding carboxylic acids is 2. The van der Waals surface area contributed by atoms with Gasteiger partial charge in [0.15, 0.2) is 5.54 Å². The summed E-state index contributed by atoms with van der Waals surface area (Å²) in [7, 11) is 0.